The number of hydrogen-bond acceptors (Lipinski definition) is 4. The largest absolute Gasteiger partial charge is 0.496 e. The summed E-state index contributed by atoms with van der Waals surface area (Å²) in [6, 6.07) is -0.0368. The standard InChI is InChI=1S/C9H18N2O2/c1-7(12-2)9(11-10)8-5-3-4-6-13-8/h5,7,9,11H,3-4,6,10H2,1-2H3. The molecule has 0 saturated carbocycles. The van der Waals surface area contributed by atoms with Crippen LogP contribution in [-0.2, 0) is 9.47 Å². The molecule has 4 heteroatoms. The van der Waals surface area contributed by atoms with Crippen LogP contribution in [0.15, 0.2) is 11.8 Å². The van der Waals surface area contributed by atoms with Crippen molar-refractivity contribution in [1.82, 2.24) is 5.43 Å². The summed E-state index contributed by atoms with van der Waals surface area (Å²) in [6.07, 6.45) is 4.24. The lowest BCUT2D eigenvalue weighted by molar-refractivity contribution is 0.0618. The molecular weight excluding hydrogens is 168 g/mol. The second kappa shape index (κ2) is 5.21. The number of methoxy groups -OCH3 is 1. The molecule has 0 aliphatic carbocycles. The number of nitrogens with two attached hydrogens (primary N) is 1. The van der Waals surface area contributed by atoms with Gasteiger partial charge in [-0.15, -0.1) is 0 Å². The normalized spacial score (nSPS) is 21.6. The predicted octanol–water partition coefficient (Wildman–Crippen LogP) is 0.547. The van der Waals surface area contributed by atoms with E-state index in [1.807, 2.05) is 6.92 Å². The molecule has 0 fully saturated rings. The zero-order chi connectivity index (χ0) is 9.68. The zero-order valence-corrected chi connectivity index (χ0v) is 8.25. The Morgan fingerprint density at radius 1 is 1.69 bits per heavy atom. The van der Waals surface area contributed by atoms with Gasteiger partial charge in [-0.3, -0.25) is 5.84 Å². The van der Waals surface area contributed by atoms with Crippen LogP contribution in [0.5, 0.6) is 0 Å². The Balaban J connectivity index is 2.58. The molecule has 2 atom stereocenters. The third-order valence-electron chi connectivity index (χ3n) is 2.29. The topological polar surface area (TPSA) is 56.5 Å². The maximum absolute atomic E-state index is 5.49. The Kier molecular flexibility index (Phi) is 4.21. The van der Waals surface area contributed by atoms with E-state index in [1.165, 1.54) is 0 Å². The SMILES string of the molecule is COC(C)C(NN)C1=CCCCO1. The zero-order valence-electron chi connectivity index (χ0n) is 8.25. The molecule has 76 valence electrons. The summed E-state index contributed by atoms with van der Waals surface area (Å²) in [7, 11) is 1.67. The van der Waals surface area contributed by atoms with E-state index < -0.39 is 0 Å². The molecule has 0 radical (unpaired) electrons. The van der Waals surface area contributed by atoms with Crippen LogP contribution < -0.4 is 11.3 Å². The average Bonchev–Trinajstić information content (AvgIpc) is 2.20. The first kappa shape index (κ1) is 10.5. The fraction of sp³-hybridized carbons (Fsp3) is 0.778. The van der Waals surface area contributed by atoms with Gasteiger partial charge >= 0.3 is 0 Å². The van der Waals surface area contributed by atoms with Crippen molar-refractivity contribution in [3.05, 3.63) is 11.8 Å². The maximum atomic E-state index is 5.49. The van der Waals surface area contributed by atoms with Crippen molar-refractivity contribution < 1.29 is 9.47 Å². The summed E-state index contributed by atoms with van der Waals surface area (Å²) in [4.78, 5) is 0. The Hall–Kier alpha value is -0.580. The number of nitrogens with one attached hydrogen (secondary N) is 1. The van der Waals surface area contributed by atoms with Crippen molar-refractivity contribution >= 4 is 0 Å². The van der Waals surface area contributed by atoms with E-state index in [4.69, 9.17) is 15.3 Å². The third kappa shape index (κ3) is 2.69. The van der Waals surface area contributed by atoms with Gasteiger partial charge in [0.25, 0.3) is 0 Å². The molecule has 13 heavy (non-hydrogen) atoms. The number of rotatable bonds is 4. The Labute approximate surface area is 79.1 Å². The molecule has 2 unspecified atom stereocenters. The van der Waals surface area contributed by atoms with E-state index >= 15 is 0 Å². The van der Waals surface area contributed by atoms with Crippen LogP contribution in [0, 0.1) is 0 Å². The van der Waals surface area contributed by atoms with Crippen molar-refractivity contribution in [2.75, 3.05) is 13.7 Å². The van der Waals surface area contributed by atoms with Crippen LogP contribution >= 0.6 is 0 Å². The Morgan fingerprint density at radius 3 is 2.92 bits per heavy atom. The van der Waals surface area contributed by atoms with Gasteiger partial charge in [0.05, 0.1) is 12.7 Å². The lowest BCUT2D eigenvalue weighted by Crippen LogP contribution is -2.45. The third-order valence-corrected chi connectivity index (χ3v) is 2.29. The minimum absolute atomic E-state index is 0.0225. The predicted molar refractivity (Wildman–Crippen MR) is 50.9 cm³/mol. The highest BCUT2D eigenvalue weighted by Crippen LogP contribution is 2.16. The first-order valence-corrected chi connectivity index (χ1v) is 4.61. The molecule has 0 saturated heterocycles. The smallest absolute Gasteiger partial charge is 0.113 e. The molecule has 0 bridgehead atoms. The first-order valence-electron chi connectivity index (χ1n) is 4.61. The van der Waals surface area contributed by atoms with E-state index in [0.717, 1.165) is 25.2 Å². The Morgan fingerprint density at radius 2 is 2.46 bits per heavy atom. The fourth-order valence-electron chi connectivity index (χ4n) is 1.38. The lowest BCUT2D eigenvalue weighted by atomic mass is 10.1. The van der Waals surface area contributed by atoms with Gasteiger partial charge in [-0.1, -0.05) is 0 Å². The second-order valence-electron chi connectivity index (χ2n) is 3.18. The van der Waals surface area contributed by atoms with Gasteiger partial charge in [0.15, 0.2) is 0 Å². The molecule has 1 heterocycles. The van der Waals surface area contributed by atoms with Gasteiger partial charge in [-0.05, 0) is 25.8 Å². The molecule has 1 rings (SSSR count). The average molecular weight is 186 g/mol. The molecule has 1 aliphatic heterocycles. The number of ether oxygens (including phenoxy) is 2. The highest BCUT2D eigenvalue weighted by Gasteiger charge is 2.22. The van der Waals surface area contributed by atoms with E-state index in [9.17, 15) is 0 Å². The van der Waals surface area contributed by atoms with Crippen molar-refractivity contribution in [3.63, 3.8) is 0 Å². The van der Waals surface area contributed by atoms with Gasteiger partial charge in [0.2, 0.25) is 0 Å². The quantitative estimate of drug-likeness (QED) is 0.497. The molecule has 3 N–H and O–H groups in total. The summed E-state index contributed by atoms with van der Waals surface area (Å²) in [5, 5.41) is 0. The summed E-state index contributed by atoms with van der Waals surface area (Å²) >= 11 is 0. The molecule has 0 aromatic rings. The summed E-state index contributed by atoms with van der Waals surface area (Å²) < 4.78 is 10.7. The van der Waals surface area contributed by atoms with Crippen molar-refractivity contribution in [3.8, 4) is 0 Å². The molecule has 0 aromatic heterocycles. The van der Waals surface area contributed by atoms with Crippen LogP contribution in [-0.4, -0.2) is 25.9 Å². The van der Waals surface area contributed by atoms with Crippen LogP contribution in [0.1, 0.15) is 19.8 Å². The van der Waals surface area contributed by atoms with Crippen molar-refractivity contribution in [1.29, 1.82) is 0 Å². The van der Waals surface area contributed by atoms with Gasteiger partial charge in [0, 0.05) is 7.11 Å². The van der Waals surface area contributed by atoms with Crippen LogP contribution in [0.3, 0.4) is 0 Å². The first-order chi connectivity index (χ1) is 6.29. The van der Waals surface area contributed by atoms with E-state index in [-0.39, 0.29) is 12.1 Å². The van der Waals surface area contributed by atoms with Crippen LogP contribution in [0.2, 0.25) is 0 Å². The summed E-state index contributed by atoms with van der Waals surface area (Å²) in [6.45, 7) is 2.74. The van der Waals surface area contributed by atoms with Crippen LogP contribution in [0.25, 0.3) is 0 Å². The summed E-state index contributed by atoms with van der Waals surface area (Å²) in [5.74, 6) is 6.33. The summed E-state index contributed by atoms with van der Waals surface area (Å²) in [5.41, 5.74) is 2.70. The molecule has 0 aromatic carbocycles. The minimum atomic E-state index is -0.0368. The van der Waals surface area contributed by atoms with Crippen molar-refractivity contribution in [2.24, 2.45) is 5.84 Å². The second-order valence-corrected chi connectivity index (χ2v) is 3.18. The molecule has 0 amide bonds. The molecular formula is C9H18N2O2. The van der Waals surface area contributed by atoms with Crippen molar-refractivity contribution in [2.45, 2.75) is 31.9 Å². The fourth-order valence-corrected chi connectivity index (χ4v) is 1.38. The highest BCUT2D eigenvalue weighted by molar-refractivity contribution is 5.07. The monoisotopic (exact) mass is 186 g/mol. The lowest BCUT2D eigenvalue weighted by Gasteiger charge is -2.26. The minimum Gasteiger partial charge on any atom is -0.496 e. The molecule has 1 aliphatic rings. The number of hydrogen-bond donors (Lipinski definition) is 2. The number of hydrazine groups is 1. The van der Waals surface area contributed by atoms with Crippen LogP contribution in [0.4, 0.5) is 0 Å². The van der Waals surface area contributed by atoms with Gasteiger partial charge < -0.3 is 9.47 Å². The molecule has 4 nitrogen and oxygen atoms in total. The number of allylic oxidation sites excluding steroid dienone is 1. The van der Waals surface area contributed by atoms with E-state index in [1.54, 1.807) is 7.11 Å². The molecule has 0 spiro atoms. The van der Waals surface area contributed by atoms with E-state index in [0.29, 0.717) is 0 Å². The van der Waals surface area contributed by atoms with Gasteiger partial charge in [-0.2, -0.15) is 0 Å². The van der Waals surface area contributed by atoms with Gasteiger partial charge in [0.1, 0.15) is 11.8 Å². The van der Waals surface area contributed by atoms with Gasteiger partial charge in [-0.25, -0.2) is 5.43 Å². The Bertz CT molecular complexity index is 182. The highest BCUT2D eigenvalue weighted by atomic mass is 16.5. The maximum Gasteiger partial charge on any atom is 0.113 e. The van der Waals surface area contributed by atoms with E-state index in [2.05, 4.69) is 11.5 Å².